The van der Waals surface area contributed by atoms with Crippen LogP contribution in [0.15, 0.2) is 60.7 Å². The smallest absolute Gasteiger partial charge is 0.163 e. The second-order valence-corrected chi connectivity index (χ2v) is 5.17. The predicted octanol–water partition coefficient (Wildman–Crippen LogP) is 3.09. The molecule has 0 aliphatic carbocycles. The van der Waals surface area contributed by atoms with Gasteiger partial charge in [-0.25, -0.2) is 0 Å². The molecule has 0 bridgehead atoms. The van der Waals surface area contributed by atoms with Crippen molar-refractivity contribution in [2.45, 2.75) is 5.50 Å². The van der Waals surface area contributed by atoms with Crippen molar-refractivity contribution in [2.24, 2.45) is 5.73 Å². The molecule has 0 aromatic heterocycles. The lowest BCUT2D eigenvalue weighted by atomic mass is 10.1. The van der Waals surface area contributed by atoms with Crippen LogP contribution in [0, 0.1) is 0 Å². The molecule has 2 aromatic carbocycles. The van der Waals surface area contributed by atoms with E-state index in [0.717, 1.165) is 21.7 Å². The summed E-state index contributed by atoms with van der Waals surface area (Å²) in [6, 6.07) is 20.1. The van der Waals surface area contributed by atoms with E-state index in [2.05, 4.69) is 12.1 Å². The van der Waals surface area contributed by atoms with Crippen LogP contribution in [-0.2, 0) is 0 Å². The van der Waals surface area contributed by atoms with Crippen LogP contribution in [0.4, 0.5) is 0 Å². The fraction of sp³-hybridized carbons (Fsp3) is 0.0667. The van der Waals surface area contributed by atoms with E-state index in [-0.39, 0.29) is 5.50 Å². The molecule has 90 valence electrons. The Morgan fingerprint density at radius 1 is 0.944 bits per heavy atom. The van der Waals surface area contributed by atoms with Crippen LogP contribution in [-0.4, -0.2) is 5.50 Å². The molecule has 0 spiro atoms. The standard InChI is InChI=1S/C15H14N2S/c16-15-17-13(11-7-3-1-4-8-11)14(18-15)12-9-5-2-6-10-12/h1-10,15,17H,16H2/i/hD. The highest BCUT2D eigenvalue weighted by Gasteiger charge is 2.23. The van der Waals surface area contributed by atoms with Gasteiger partial charge in [0, 0.05) is 4.91 Å². The van der Waals surface area contributed by atoms with Crippen molar-refractivity contribution < 1.29 is 1.41 Å². The SMILES string of the molecule is [2H]N1C(c2ccccc2)=C(c2ccccc2)SC1N. The number of nitrogens with one attached hydrogen (secondary N) is 1. The average Bonchev–Trinajstić information content (AvgIpc) is 2.77. The van der Waals surface area contributed by atoms with Gasteiger partial charge in [0.2, 0.25) is 0 Å². The summed E-state index contributed by atoms with van der Waals surface area (Å²) in [7, 11) is 0. The summed E-state index contributed by atoms with van der Waals surface area (Å²) in [6.45, 7) is 0. The van der Waals surface area contributed by atoms with Gasteiger partial charge in [0.1, 0.15) is 5.50 Å². The maximum atomic E-state index is 8.14. The zero-order chi connectivity index (χ0) is 13.2. The van der Waals surface area contributed by atoms with Gasteiger partial charge in [-0.15, -0.1) is 0 Å². The Hall–Kier alpha value is -1.71. The zero-order valence-corrected chi connectivity index (χ0v) is 10.6. The highest BCUT2D eigenvalue weighted by Crippen LogP contribution is 2.40. The van der Waals surface area contributed by atoms with E-state index in [4.69, 9.17) is 7.15 Å². The van der Waals surface area contributed by atoms with Gasteiger partial charge in [-0.1, -0.05) is 72.4 Å². The molecular formula is C15H14N2S. The van der Waals surface area contributed by atoms with E-state index in [1.165, 1.54) is 17.1 Å². The minimum absolute atomic E-state index is 0.356. The summed E-state index contributed by atoms with van der Waals surface area (Å²) in [4.78, 5) is 1.06. The van der Waals surface area contributed by atoms with E-state index in [1.807, 2.05) is 48.5 Å². The van der Waals surface area contributed by atoms with Crippen molar-refractivity contribution >= 4 is 22.4 Å². The summed E-state index contributed by atoms with van der Waals surface area (Å²) < 4.78 is 8.14. The first kappa shape index (κ1) is 10.2. The van der Waals surface area contributed by atoms with Gasteiger partial charge in [0.15, 0.2) is 1.41 Å². The molecule has 1 aliphatic rings. The van der Waals surface area contributed by atoms with Crippen molar-refractivity contribution in [2.75, 3.05) is 0 Å². The number of hydrogen-bond acceptors (Lipinski definition) is 3. The molecule has 2 nitrogen and oxygen atoms in total. The maximum absolute atomic E-state index is 8.14. The van der Waals surface area contributed by atoms with Crippen LogP contribution >= 0.6 is 11.8 Å². The monoisotopic (exact) mass is 255 g/mol. The van der Waals surface area contributed by atoms with Gasteiger partial charge in [0.05, 0.1) is 5.70 Å². The van der Waals surface area contributed by atoms with Crippen molar-refractivity contribution in [1.82, 2.24) is 5.31 Å². The van der Waals surface area contributed by atoms with E-state index in [1.54, 1.807) is 0 Å². The first-order valence-corrected chi connectivity index (χ1v) is 6.71. The van der Waals surface area contributed by atoms with Gasteiger partial charge < -0.3 is 11.0 Å². The molecule has 0 fully saturated rings. The Labute approximate surface area is 112 Å². The quantitative estimate of drug-likeness (QED) is 0.866. The highest BCUT2D eigenvalue weighted by molar-refractivity contribution is 8.09. The lowest BCUT2D eigenvalue weighted by Gasteiger charge is -2.07. The summed E-state index contributed by atoms with van der Waals surface area (Å²) in [5.41, 5.74) is 8.65. The molecule has 3 N–H and O–H groups in total. The van der Waals surface area contributed by atoms with Gasteiger partial charge in [-0.3, -0.25) is 0 Å². The summed E-state index contributed by atoms with van der Waals surface area (Å²) >= 11 is 1.53. The van der Waals surface area contributed by atoms with Gasteiger partial charge in [-0.05, 0) is 11.1 Å². The zero-order valence-electron chi connectivity index (χ0n) is 10.8. The number of benzene rings is 2. The lowest BCUT2D eigenvalue weighted by Crippen LogP contribution is -2.28. The molecule has 1 heterocycles. The van der Waals surface area contributed by atoms with Crippen molar-refractivity contribution in [3.63, 3.8) is 0 Å². The van der Waals surface area contributed by atoms with Gasteiger partial charge in [-0.2, -0.15) is 0 Å². The Bertz CT molecular complexity index is 598. The Morgan fingerprint density at radius 2 is 1.50 bits per heavy atom. The Kier molecular flexibility index (Phi) is 2.78. The molecule has 0 amide bonds. The third-order valence-corrected chi connectivity index (χ3v) is 3.80. The van der Waals surface area contributed by atoms with Crippen LogP contribution < -0.4 is 11.0 Å². The predicted molar refractivity (Wildman–Crippen MR) is 78.4 cm³/mol. The van der Waals surface area contributed by atoms with Crippen LogP contribution in [0.5, 0.6) is 0 Å². The topological polar surface area (TPSA) is 38.0 Å². The first-order chi connectivity index (χ1) is 9.27. The normalized spacial score (nSPS) is 20.2. The molecule has 1 atom stereocenters. The molecule has 1 aliphatic heterocycles. The molecule has 0 saturated carbocycles. The van der Waals surface area contributed by atoms with Gasteiger partial charge in [0.25, 0.3) is 0 Å². The van der Waals surface area contributed by atoms with E-state index < -0.39 is 0 Å². The van der Waals surface area contributed by atoms with E-state index >= 15 is 0 Å². The summed E-state index contributed by atoms with van der Waals surface area (Å²) in [5, 5.41) is 1.39. The Balaban J connectivity index is 2.14. The molecule has 2 aromatic rings. The molecule has 3 heteroatoms. The summed E-state index contributed by atoms with van der Waals surface area (Å²) in [5.74, 6) is 0. The Morgan fingerprint density at radius 3 is 2.11 bits per heavy atom. The van der Waals surface area contributed by atoms with E-state index in [0.29, 0.717) is 0 Å². The largest absolute Gasteiger partial charge is 0.360 e. The fourth-order valence-corrected chi connectivity index (χ4v) is 2.94. The molecule has 0 radical (unpaired) electrons. The summed E-state index contributed by atoms with van der Waals surface area (Å²) in [6.07, 6.45) is 0. The van der Waals surface area contributed by atoms with Crippen LogP contribution in [0.3, 0.4) is 0 Å². The highest BCUT2D eigenvalue weighted by atomic mass is 32.2. The third kappa shape index (κ3) is 2.15. The molecule has 0 saturated heterocycles. The van der Waals surface area contributed by atoms with Crippen LogP contribution in [0.1, 0.15) is 11.1 Å². The minimum atomic E-state index is -0.356. The van der Waals surface area contributed by atoms with Crippen molar-refractivity contribution in [3.05, 3.63) is 71.8 Å². The lowest BCUT2D eigenvalue weighted by molar-refractivity contribution is 0.853. The minimum Gasteiger partial charge on any atom is -0.360 e. The molecular weight excluding hydrogens is 240 g/mol. The number of hydrogen-bond donors (Lipinski definition) is 2. The van der Waals surface area contributed by atoms with E-state index in [9.17, 15) is 0 Å². The van der Waals surface area contributed by atoms with Crippen molar-refractivity contribution in [3.8, 4) is 0 Å². The fourth-order valence-electron chi connectivity index (χ4n) is 1.98. The maximum Gasteiger partial charge on any atom is 0.163 e. The van der Waals surface area contributed by atoms with Gasteiger partial charge >= 0.3 is 0 Å². The molecule has 18 heavy (non-hydrogen) atoms. The third-order valence-electron chi connectivity index (χ3n) is 2.79. The van der Waals surface area contributed by atoms with Crippen LogP contribution in [0.25, 0.3) is 10.6 Å². The molecule has 3 rings (SSSR count). The number of nitrogens with two attached hydrogens (primary N) is 1. The second-order valence-electron chi connectivity index (χ2n) is 4.05. The number of thioether (sulfide) groups is 1. The van der Waals surface area contributed by atoms with Crippen LogP contribution in [0.2, 0.25) is 1.41 Å². The molecule has 1 unspecified atom stereocenters. The van der Waals surface area contributed by atoms with Crippen molar-refractivity contribution in [1.29, 1.82) is 0 Å². The second kappa shape index (κ2) is 4.88. The number of rotatable bonds is 2. The first-order valence-electron chi connectivity index (χ1n) is 6.27. The average molecular weight is 255 g/mol.